The Morgan fingerprint density at radius 2 is 1.75 bits per heavy atom. The summed E-state index contributed by atoms with van der Waals surface area (Å²) in [5, 5.41) is 3.42. The maximum absolute atomic E-state index is 12.9. The Morgan fingerprint density at radius 1 is 1.04 bits per heavy atom. The molecule has 0 bridgehead atoms. The van der Waals surface area contributed by atoms with Gasteiger partial charge in [0, 0.05) is 25.4 Å². The number of nitrogens with zero attached hydrogens (tertiary/aromatic N) is 1. The number of amides is 1. The third-order valence-corrected chi connectivity index (χ3v) is 4.66. The van der Waals surface area contributed by atoms with Gasteiger partial charge in [-0.3, -0.25) is 9.59 Å². The largest absolute Gasteiger partial charge is 0.497 e. The molecular weight excluding hydrogens is 384 g/mol. The number of aromatic nitrogens is 1. The van der Waals surface area contributed by atoms with Crippen molar-refractivity contribution in [2.45, 2.75) is 0 Å². The minimum Gasteiger partial charge on any atom is -0.497 e. The molecule has 0 saturated heterocycles. The summed E-state index contributed by atoms with van der Waals surface area (Å²) in [6.45, 7) is 0. The lowest BCUT2D eigenvalue weighted by molar-refractivity contribution is 0.102. The van der Waals surface area contributed by atoms with E-state index in [0.717, 1.165) is 0 Å². The van der Waals surface area contributed by atoms with E-state index < -0.39 is 11.3 Å². The van der Waals surface area contributed by atoms with E-state index in [0.29, 0.717) is 38.9 Å². The molecule has 0 aliphatic rings. The summed E-state index contributed by atoms with van der Waals surface area (Å²) in [4.78, 5) is 25.8. The lowest BCUT2D eigenvalue weighted by Gasteiger charge is -2.14. The number of carbonyl (C=O) groups is 1. The van der Waals surface area contributed by atoms with Crippen molar-refractivity contribution < 1.29 is 19.0 Å². The quantitative estimate of drug-likeness (QED) is 0.707. The van der Waals surface area contributed by atoms with Crippen molar-refractivity contribution in [2.75, 3.05) is 26.6 Å². The van der Waals surface area contributed by atoms with Gasteiger partial charge in [0.15, 0.2) is 0 Å². The zero-order valence-corrected chi connectivity index (χ0v) is 16.6. The fraction of sp³-hybridized carbons (Fsp3) is 0.200. The van der Waals surface area contributed by atoms with Crippen LogP contribution < -0.4 is 25.0 Å². The minimum absolute atomic E-state index is 0.0146. The average molecular weight is 403 g/mol. The van der Waals surface area contributed by atoms with Gasteiger partial charge in [-0.15, -0.1) is 0 Å². The van der Waals surface area contributed by atoms with E-state index >= 15 is 0 Å². The van der Waals surface area contributed by atoms with Crippen molar-refractivity contribution in [1.29, 1.82) is 0 Å². The average Bonchev–Trinajstić information content (AvgIpc) is 2.70. The molecule has 0 radical (unpaired) electrons. The number of ether oxygens (including phenoxy) is 3. The Kier molecular flexibility index (Phi) is 5.46. The maximum atomic E-state index is 12.9. The lowest BCUT2D eigenvalue weighted by Crippen LogP contribution is -2.23. The molecular formula is C20H19ClN2O5. The highest BCUT2D eigenvalue weighted by Gasteiger charge is 2.18. The highest BCUT2D eigenvalue weighted by Crippen LogP contribution is 2.36. The van der Waals surface area contributed by atoms with E-state index in [-0.39, 0.29) is 5.56 Å². The summed E-state index contributed by atoms with van der Waals surface area (Å²) in [7, 11) is 6.19. The number of benzene rings is 2. The number of nitrogens with one attached hydrogen (secondary N) is 1. The fourth-order valence-electron chi connectivity index (χ4n) is 2.91. The zero-order chi connectivity index (χ0) is 20.4. The van der Waals surface area contributed by atoms with Crippen molar-refractivity contribution in [1.82, 2.24) is 4.57 Å². The number of aryl methyl sites for hydroxylation is 1. The van der Waals surface area contributed by atoms with Crippen molar-refractivity contribution in [2.24, 2.45) is 7.05 Å². The molecule has 1 amide bonds. The van der Waals surface area contributed by atoms with Crippen molar-refractivity contribution in [3.63, 3.8) is 0 Å². The monoisotopic (exact) mass is 402 g/mol. The number of rotatable bonds is 5. The standard InChI is InChI=1S/C20H19ClN2O5/c1-23-10-13(19(24)12-7-11(26-2)5-6-16(12)23)20(25)22-15-9-17(27-3)14(21)8-18(15)28-4/h5-10H,1-4H3,(H,22,25). The minimum atomic E-state index is -0.576. The van der Waals surface area contributed by atoms with E-state index in [1.807, 2.05) is 0 Å². The summed E-state index contributed by atoms with van der Waals surface area (Å²) in [5.74, 6) is 0.673. The van der Waals surface area contributed by atoms with Crippen molar-refractivity contribution in [3.05, 3.63) is 57.3 Å². The third kappa shape index (κ3) is 3.48. The molecule has 0 saturated carbocycles. The number of fused-ring (bicyclic) bond motifs is 1. The number of carbonyl (C=O) groups excluding carboxylic acids is 1. The molecule has 0 spiro atoms. The smallest absolute Gasteiger partial charge is 0.261 e. The molecule has 0 aliphatic heterocycles. The summed E-state index contributed by atoms with van der Waals surface area (Å²) < 4.78 is 17.3. The molecule has 2 aromatic carbocycles. The van der Waals surface area contributed by atoms with Gasteiger partial charge < -0.3 is 24.1 Å². The molecule has 8 heteroatoms. The van der Waals surface area contributed by atoms with Gasteiger partial charge in [0.25, 0.3) is 5.91 Å². The van der Waals surface area contributed by atoms with Crippen LogP contribution in [0.2, 0.25) is 5.02 Å². The normalized spacial score (nSPS) is 10.6. The maximum Gasteiger partial charge on any atom is 0.261 e. The first kappa shape index (κ1) is 19.6. The molecule has 0 fully saturated rings. The number of methoxy groups -OCH3 is 3. The molecule has 146 valence electrons. The van der Waals surface area contributed by atoms with E-state index in [4.69, 9.17) is 25.8 Å². The van der Waals surface area contributed by atoms with Gasteiger partial charge in [-0.05, 0) is 18.2 Å². The summed E-state index contributed by atoms with van der Waals surface area (Å²) in [6, 6.07) is 8.20. The molecule has 1 N–H and O–H groups in total. The third-order valence-electron chi connectivity index (χ3n) is 4.36. The molecule has 1 aromatic heterocycles. The lowest BCUT2D eigenvalue weighted by atomic mass is 10.1. The van der Waals surface area contributed by atoms with Gasteiger partial charge in [0.1, 0.15) is 22.8 Å². The van der Waals surface area contributed by atoms with Crippen LogP contribution in [0.15, 0.2) is 41.3 Å². The van der Waals surface area contributed by atoms with E-state index in [9.17, 15) is 9.59 Å². The second kappa shape index (κ2) is 7.82. The van der Waals surface area contributed by atoms with Gasteiger partial charge in [-0.25, -0.2) is 0 Å². The Morgan fingerprint density at radius 3 is 2.39 bits per heavy atom. The van der Waals surface area contributed by atoms with Crippen LogP contribution in [0.5, 0.6) is 17.2 Å². The first-order valence-electron chi connectivity index (χ1n) is 8.29. The van der Waals surface area contributed by atoms with E-state index in [1.165, 1.54) is 39.7 Å². The summed E-state index contributed by atoms with van der Waals surface area (Å²) >= 11 is 6.09. The summed E-state index contributed by atoms with van der Waals surface area (Å²) in [5.41, 5.74) is 0.609. The molecule has 1 heterocycles. The fourth-order valence-corrected chi connectivity index (χ4v) is 3.14. The van der Waals surface area contributed by atoms with Crippen LogP contribution in [0.3, 0.4) is 0 Å². The molecule has 3 rings (SSSR count). The second-order valence-electron chi connectivity index (χ2n) is 6.01. The van der Waals surface area contributed by atoms with E-state index in [1.54, 1.807) is 29.8 Å². The highest BCUT2D eigenvalue weighted by atomic mass is 35.5. The van der Waals surface area contributed by atoms with Gasteiger partial charge in [0.05, 0.1) is 42.9 Å². The molecule has 0 atom stereocenters. The first-order valence-corrected chi connectivity index (χ1v) is 8.67. The van der Waals surface area contributed by atoms with Gasteiger partial charge in [-0.2, -0.15) is 0 Å². The van der Waals surface area contributed by atoms with Gasteiger partial charge in [-0.1, -0.05) is 11.6 Å². The molecule has 0 aliphatic carbocycles. The van der Waals surface area contributed by atoms with Gasteiger partial charge in [0.2, 0.25) is 5.43 Å². The number of hydrogen-bond acceptors (Lipinski definition) is 5. The zero-order valence-electron chi connectivity index (χ0n) is 15.8. The Hall–Kier alpha value is -3.19. The predicted molar refractivity (Wildman–Crippen MR) is 108 cm³/mol. The van der Waals surface area contributed by atoms with Crippen LogP contribution in [0, 0.1) is 0 Å². The SMILES string of the molecule is COc1ccc2c(c1)c(=O)c(C(=O)Nc1cc(OC)c(Cl)cc1OC)cn2C. The number of pyridine rings is 1. The second-order valence-corrected chi connectivity index (χ2v) is 6.41. The van der Waals surface area contributed by atoms with Crippen LogP contribution in [-0.4, -0.2) is 31.8 Å². The van der Waals surface area contributed by atoms with Crippen LogP contribution in [0.4, 0.5) is 5.69 Å². The molecule has 28 heavy (non-hydrogen) atoms. The van der Waals surface area contributed by atoms with Crippen molar-refractivity contribution >= 4 is 34.1 Å². The molecule has 0 unspecified atom stereocenters. The number of hydrogen-bond donors (Lipinski definition) is 1. The molecule has 7 nitrogen and oxygen atoms in total. The number of halogens is 1. The van der Waals surface area contributed by atoms with Crippen LogP contribution >= 0.6 is 11.6 Å². The molecule has 3 aromatic rings. The van der Waals surface area contributed by atoms with Crippen molar-refractivity contribution in [3.8, 4) is 17.2 Å². The van der Waals surface area contributed by atoms with Gasteiger partial charge >= 0.3 is 0 Å². The highest BCUT2D eigenvalue weighted by molar-refractivity contribution is 6.32. The topological polar surface area (TPSA) is 78.8 Å². The Bertz CT molecular complexity index is 1120. The first-order chi connectivity index (χ1) is 13.4. The Labute approximate surface area is 166 Å². The van der Waals surface area contributed by atoms with Crippen LogP contribution in [0.1, 0.15) is 10.4 Å². The van der Waals surface area contributed by atoms with Crippen LogP contribution in [-0.2, 0) is 7.05 Å². The van der Waals surface area contributed by atoms with E-state index in [2.05, 4.69) is 5.32 Å². The summed E-state index contributed by atoms with van der Waals surface area (Å²) in [6.07, 6.45) is 1.49. The predicted octanol–water partition coefficient (Wildman–Crippen LogP) is 3.47. The Balaban J connectivity index is 2.07. The van der Waals surface area contributed by atoms with Crippen LogP contribution in [0.25, 0.3) is 10.9 Å². The number of anilines is 1.